The summed E-state index contributed by atoms with van der Waals surface area (Å²) >= 11 is 0. The van der Waals surface area contributed by atoms with Crippen molar-refractivity contribution in [3.63, 3.8) is 0 Å². The van der Waals surface area contributed by atoms with Gasteiger partial charge in [0.15, 0.2) is 5.75 Å². The number of nitrogen functional groups attached to an aromatic ring is 1. The summed E-state index contributed by atoms with van der Waals surface area (Å²) in [6.07, 6.45) is 0. The Kier molecular flexibility index (Phi) is 2.82. The average Bonchev–Trinajstić information content (AvgIpc) is 2.05. The summed E-state index contributed by atoms with van der Waals surface area (Å²) in [7, 11) is -4.80. The molecule has 7 nitrogen and oxygen atoms in total. The maximum atomic E-state index is 10.6. The van der Waals surface area contributed by atoms with Crippen molar-refractivity contribution in [1.82, 2.24) is 0 Å². The van der Waals surface area contributed by atoms with Gasteiger partial charge in [-0.25, -0.2) is 4.79 Å². The van der Waals surface area contributed by atoms with Gasteiger partial charge < -0.3 is 15.0 Å². The average molecular weight is 233 g/mol. The van der Waals surface area contributed by atoms with E-state index in [9.17, 15) is 13.2 Å². The monoisotopic (exact) mass is 233 g/mol. The van der Waals surface area contributed by atoms with Crippen molar-refractivity contribution in [3.8, 4) is 5.75 Å². The van der Waals surface area contributed by atoms with E-state index >= 15 is 0 Å². The second-order valence-corrected chi connectivity index (χ2v) is 3.56. The van der Waals surface area contributed by atoms with Crippen molar-refractivity contribution >= 4 is 22.1 Å². The molecule has 1 aromatic rings. The maximum absolute atomic E-state index is 10.6. The first-order valence-corrected chi connectivity index (χ1v) is 4.96. The van der Waals surface area contributed by atoms with E-state index in [0.29, 0.717) is 0 Å². The Morgan fingerprint density at radius 1 is 1.40 bits per heavy atom. The molecule has 0 aliphatic rings. The lowest BCUT2D eigenvalue weighted by Crippen LogP contribution is -2.12. The molecule has 0 amide bonds. The largest absolute Gasteiger partial charge is 0.478 e. The number of carbonyl (C=O) groups is 1. The van der Waals surface area contributed by atoms with Gasteiger partial charge in [0.2, 0.25) is 0 Å². The minimum Gasteiger partial charge on any atom is -0.478 e. The first-order chi connectivity index (χ1) is 6.81. The molecule has 82 valence electrons. The minimum atomic E-state index is -4.80. The number of carboxylic acid groups (broad SMARTS) is 1. The van der Waals surface area contributed by atoms with Crippen LogP contribution in [0.25, 0.3) is 0 Å². The van der Waals surface area contributed by atoms with Crippen molar-refractivity contribution in [1.29, 1.82) is 0 Å². The van der Waals surface area contributed by atoms with E-state index < -0.39 is 27.7 Å². The van der Waals surface area contributed by atoms with Crippen LogP contribution in [0.1, 0.15) is 10.4 Å². The first-order valence-electron chi connectivity index (χ1n) is 3.60. The summed E-state index contributed by atoms with van der Waals surface area (Å²) in [6, 6.07) is 3.65. The predicted molar refractivity (Wildman–Crippen MR) is 50.0 cm³/mol. The maximum Gasteiger partial charge on any atom is 0.446 e. The highest BCUT2D eigenvalue weighted by Gasteiger charge is 2.18. The van der Waals surface area contributed by atoms with E-state index in [2.05, 4.69) is 4.18 Å². The molecule has 0 unspecified atom stereocenters. The van der Waals surface area contributed by atoms with Gasteiger partial charge in [0.05, 0.1) is 5.69 Å². The third kappa shape index (κ3) is 2.82. The zero-order valence-corrected chi connectivity index (χ0v) is 8.06. The van der Waals surface area contributed by atoms with E-state index in [0.717, 1.165) is 6.07 Å². The van der Waals surface area contributed by atoms with Gasteiger partial charge in [-0.05, 0) is 12.1 Å². The molecular formula is C7H7NO6S. The molecular weight excluding hydrogens is 226 g/mol. The quantitative estimate of drug-likeness (QED) is 0.500. The number of benzene rings is 1. The highest BCUT2D eigenvalue weighted by atomic mass is 32.3. The third-order valence-corrected chi connectivity index (χ3v) is 1.84. The smallest absolute Gasteiger partial charge is 0.446 e. The van der Waals surface area contributed by atoms with Crippen LogP contribution in [-0.4, -0.2) is 24.0 Å². The second kappa shape index (κ2) is 3.75. The number of anilines is 1. The lowest BCUT2D eigenvalue weighted by molar-refractivity contribution is 0.0695. The van der Waals surface area contributed by atoms with Crippen molar-refractivity contribution in [2.24, 2.45) is 0 Å². The van der Waals surface area contributed by atoms with Crippen LogP contribution in [0.5, 0.6) is 5.75 Å². The van der Waals surface area contributed by atoms with Gasteiger partial charge in [-0.2, -0.15) is 8.42 Å². The van der Waals surface area contributed by atoms with E-state index in [1.54, 1.807) is 0 Å². The lowest BCUT2D eigenvalue weighted by atomic mass is 10.2. The summed E-state index contributed by atoms with van der Waals surface area (Å²) in [5.41, 5.74) is 4.65. The molecule has 0 saturated carbocycles. The molecule has 0 heterocycles. The molecule has 15 heavy (non-hydrogen) atoms. The Balaban J connectivity index is 3.32. The number of hydrogen-bond donors (Lipinski definition) is 3. The predicted octanol–water partition coefficient (Wildman–Crippen LogP) is 0.149. The Morgan fingerprint density at radius 3 is 2.47 bits per heavy atom. The number of carboxylic acids is 1. The topological polar surface area (TPSA) is 127 Å². The molecule has 0 atom stereocenters. The Labute approximate surface area is 85.0 Å². The van der Waals surface area contributed by atoms with Crippen LogP contribution < -0.4 is 9.92 Å². The van der Waals surface area contributed by atoms with Gasteiger partial charge in [-0.3, -0.25) is 4.55 Å². The van der Waals surface area contributed by atoms with Gasteiger partial charge in [-0.15, -0.1) is 0 Å². The van der Waals surface area contributed by atoms with E-state index in [1.807, 2.05) is 0 Å². The van der Waals surface area contributed by atoms with Crippen LogP contribution >= 0.6 is 0 Å². The van der Waals surface area contributed by atoms with Crippen LogP contribution in [0.2, 0.25) is 0 Å². The number of nitrogens with two attached hydrogens (primary N) is 1. The lowest BCUT2D eigenvalue weighted by Gasteiger charge is -2.07. The van der Waals surface area contributed by atoms with Gasteiger partial charge in [0, 0.05) is 0 Å². The van der Waals surface area contributed by atoms with Crippen LogP contribution in [-0.2, 0) is 10.4 Å². The van der Waals surface area contributed by atoms with Gasteiger partial charge in [0.1, 0.15) is 5.56 Å². The Morgan fingerprint density at radius 2 is 2.00 bits per heavy atom. The normalized spacial score (nSPS) is 11.0. The SMILES string of the molecule is Nc1cccc(C(=O)O)c1OS(=O)(=O)O. The van der Waals surface area contributed by atoms with E-state index in [4.69, 9.17) is 15.4 Å². The summed E-state index contributed by atoms with van der Waals surface area (Å²) in [6.45, 7) is 0. The fraction of sp³-hybridized carbons (Fsp3) is 0. The minimum absolute atomic E-state index is 0.201. The summed E-state index contributed by atoms with van der Waals surface area (Å²) in [5, 5.41) is 8.67. The zero-order chi connectivity index (χ0) is 11.6. The second-order valence-electron chi connectivity index (χ2n) is 2.54. The van der Waals surface area contributed by atoms with Gasteiger partial charge in [0.25, 0.3) is 0 Å². The van der Waals surface area contributed by atoms with Crippen molar-refractivity contribution < 1.29 is 27.1 Å². The molecule has 0 radical (unpaired) electrons. The zero-order valence-electron chi connectivity index (χ0n) is 7.25. The van der Waals surface area contributed by atoms with Gasteiger partial charge in [-0.1, -0.05) is 6.07 Å². The standard InChI is InChI=1S/C7H7NO6S/c8-5-3-1-2-4(7(9)10)6(5)14-15(11,12)13/h1-3H,8H2,(H,9,10)(H,11,12,13). The summed E-state index contributed by atoms with van der Waals surface area (Å²) < 4.78 is 33.3. The van der Waals surface area contributed by atoms with E-state index in [1.165, 1.54) is 12.1 Å². The fourth-order valence-electron chi connectivity index (χ4n) is 0.922. The molecule has 8 heteroatoms. The highest BCUT2D eigenvalue weighted by Crippen LogP contribution is 2.27. The summed E-state index contributed by atoms with van der Waals surface area (Å²) in [5.74, 6) is -2.02. The van der Waals surface area contributed by atoms with Crippen molar-refractivity contribution in [3.05, 3.63) is 23.8 Å². The molecule has 0 spiro atoms. The number of hydrogen-bond acceptors (Lipinski definition) is 5. The highest BCUT2D eigenvalue weighted by molar-refractivity contribution is 7.81. The van der Waals surface area contributed by atoms with E-state index in [-0.39, 0.29) is 5.69 Å². The summed E-state index contributed by atoms with van der Waals surface area (Å²) in [4.78, 5) is 10.6. The van der Waals surface area contributed by atoms with Gasteiger partial charge >= 0.3 is 16.4 Å². The van der Waals surface area contributed by atoms with Crippen LogP contribution in [0.3, 0.4) is 0 Å². The molecule has 0 aliphatic carbocycles. The number of para-hydroxylation sites is 1. The number of rotatable bonds is 3. The molecule has 0 bridgehead atoms. The molecule has 4 N–H and O–H groups in total. The Bertz CT molecular complexity index is 494. The first kappa shape index (κ1) is 11.3. The Hall–Kier alpha value is -1.80. The molecule has 0 aromatic heterocycles. The molecule has 0 saturated heterocycles. The van der Waals surface area contributed by atoms with Crippen LogP contribution in [0.4, 0.5) is 5.69 Å². The molecule has 0 aliphatic heterocycles. The van der Waals surface area contributed by atoms with Crippen molar-refractivity contribution in [2.45, 2.75) is 0 Å². The molecule has 0 fully saturated rings. The molecule has 1 rings (SSSR count). The third-order valence-electron chi connectivity index (χ3n) is 1.46. The number of aromatic carboxylic acids is 1. The van der Waals surface area contributed by atoms with Crippen LogP contribution in [0.15, 0.2) is 18.2 Å². The molecule has 1 aromatic carbocycles. The fourth-order valence-corrected chi connectivity index (χ4v) is 1.32. The van der Waals surface area contributed by atoms with Crippen molar-refractivity contribution in [2.75, 3.05) is 5.73 Å². The van der Waals surface area contributed by atoms with Crippen LogP contribution in [0, 0.1) is 0 Å².